The van der Waals surface area contributed by atoms with E-state index in [1.165, 1.54) is 11.0 Å². The summed E-state index contributed by atoms with van der Waals surface area (Å²) in [7, 11) is 0. The van der Waals surface area contributed by atoms with Crippen LogP contribution in [0.15, 0.2) is 55.1 Å². The van der Waals surface area contributed by atoms with Crippen LogP contribution in [0.5, 0.6) is 0 Å². The van der Waals surface area contributed by atoms with Crippen molar-refractivity contribution >= 4 is 5.97 Å². The Morgan fingerprint density at radius 1 is 0.947 bits per heavy atom. The van der Waals surface area contributed by atoms with Crippen molar-refractivity contribution in [1.29, 1.82) is 0 Å². The molecule has 0 unspecified atom stereocenters. The van der Waals surface area contributed by atoms with Crippen LogP contribution < -0.4 is 0 Å². The van der Waals surface area contributed by atoms with Crippen LogP contribution >= 0.6 is 0 Å². The van der Waals surface area contributed by atoms with Crippen molar-refractivity contribution in [1.82, 2.24) is 4.90 Å². The number of hydrogen-bond acceptors (Lipinski definition) is 2. The van der Waals surface area contributed by atoms with E-state index < -0.39 is 64.8 Å². The van der Waals surface area contributed by atoms with E-state index in [0.717, 1.165) is 24.3 Å². The molecule has 0 bridgehead atoms. The molecule has 12 heteroatoms. The molecule has 0 radical (unpaired) electrons. The summed E-state index contributed by atoms with van der Waals surface area (Å²) in [5.74, 6) is -1.14. The zero-order valence-electron chi connectivity index (χ0n) is 19.9. The van der Waals surface area contributed by atoms with Gasteiger partial charge in [0.15, 0.2) is 0 Å². The highest BCUT2D eigenvalue weighted by molar-refractivity contribution is 5.67. The molecule has 2 atom stereocenters. The number of likely N-dealkylation sites (tertiary alicyclic amines) is 1. The normalized spacial score (nSPS) is 21.3. The lowest BCUT2D eigenvalue weighted by molar-refractivity contribution is -0.142. The predicted octanol–water partition coefficient (Wildman–Crippen LogP) is 8.12. The summed E-state index contributed by atoms with van der Waals surface area (Å²) >= 11 is 0. The first-order valence-corrected chi connectivity index (χ1v) is 11.5. The third kappa shape index (κ3) is 6.89. The van der Waals surface area contributed by atoms with Crippen molar-refractivity contribution in [3.63, 3.8) is 0 Å². The van der Waals surface area contributed by atoms with Gasteiger partial charge >= 0.3 is 24.5 Å². The monoisotopic (exact) mass is 553 g/mol. The average molecular weight is 553 g/mol. The molecule has 1 N–H and O–H groups in total. The second-order valence-electron chi connectivity index (χ2n) is 9.49. The first-order chi connectivity index (χ1) is 17.4. The molecule has 0 amide bonds. The molecule has 0 aromatic heterocycles. The summed E-state index contributed by atoms with van der Waals surface area (Å²) < 4.78 is 120. The van der Waals surface area contributed by atoms with E-state index in [0.29, 0.717) is 18.2 Å². The fraction of sp³-hybridized carbons (Fsp3) is 0.423. The van der Waals surface area contributed by atoms with Gasteiger partial charge in [0.1, 0.15) is 0 Å². The van der Waals surface area contributed by atoms with E-state index in [1.54, 1.807) is 0 Å². The number of piperidine rings is 1. The van der Waals surface area contributed by atoms with Gasteiger partial charge in [0.25, 0.3) is 0 Å². The number of carbonyl (C=O) groups is 1. The molecule has 208 valence electrons. The summed E-state index contributed by atoms with van der Waals surface area (Å²) in [6, 6.07) is 4.19. The largest absolute Gasteiger partial charge is 0.481 e. The van der Waals surface area contributed by atoms with E-state index in [9.17, 15) is 49.4 Å². The number of hydrogen-bond donors (Lipinski definition) is 1. The Morgan fingerprint density at radius 2 is 1.53 bits per heavy atom. The number of carboxylic acid groups (broad SMARTS) is 1. The van der Waals surface area contributed by atoms with Crippen LogP contribution in [0.4, 0.5) is 39.5 Å². The fourth-order valence-corrected chi connectivity index (χ4v) is 5.03. The van der Waals surface area contributed by atoms with Gasteiger partial charge in [-0.25, -0.2) is 0 Å². The van der Waals surface area contributed by atoms with Crippen molar-refractivity contribution in [2.24, 2.45) is 5.41 Å². The molecule has 1 heterocycles. The van der Waals surface area contributed by atoms with Gasteiger partial charge in [-0.05, 0) is 72.7 Å². The SMILES string of the molecule is C=CC[C@@]1(CC(=O)O)CCN(Cc2cc(C(F)(F)F)ccc2C(F)(F)F)[C@H](c2ccc(C(F)(F)F)cc2)C1. The molecule has 3 nitrogen and oxygen atoms in total. The van der Waals surface area contributed by atoms with Gasteiger partial charge in [-0.15, -0.1) is 6.58 Å². The molecule has 1 saturated heterocycles. The van der Waals surface area contributed by atoms with Gasteiger partial charge in [-0.3, -0.25) is 9.69 Å². The minimum atomic E-state index is -4.95. The van der Waals surface area contributed by atoms with Gasteiger partial charge in [-0.2, -0.15) is 39.5 Å². The van der Waals surface area contributed by atoms with E-state index in [2.05, 4.69) is 6.58 Å². The lowest BCUT2D eigenvalue weighted by Crippen LogP contribution is -2.43. The molecular formula is C26H24F9NO2. The topological polar surface area (TPSA) is 40.5 Å². The first-order valence-electron chi connectivity index (χ1n) is 11.5. The van der Waals surface area contributed by atoms with Crippen LogP contribution in [-0.4, -0.2) is 22.5 Å². The van der Waals surface area contributed by atoms with E-state index in [1.807, 2.05) is 0 Å². The number of benzene rings is 2. The van der Waals surface area contributed by atoms with Crippen molar-refractivity contribution in [2.45, 2.75) is 56.8 Å². The zero-order chi connectivity index (χ0) is 28.5. The van der Waals surface area contributed by atoms with Crippen LogP contribution in [0.3, 0.4) is 0 Å². The molecule has 0 saturated carbocycles. The quantitative estimate of drug-likeness (QED) is 0.278. The van der Waals surface area contributed by atoms with E-state index in [4.69, 9.17) is 0 Å². The van der Waals surface area contributed by atoms with Crippen LogP contribution in [0.25, 0.3) is 0 Å². The van der Waals surface area contributed by atoms with Crippen molar-refractivity contribution in [2.75, 3.05) is 6.54 Å². The molecule has 2 aromatic carbocycles. The Balaban J connectivity index is 2.08. The maximum absolute atomic E-state index is 13.7. The third-order valence-electron chi connectivity index (χ3n) is 6.83. The molecule has 3 rings (SSSR count). The minimum Gasteiger partial charge on any atom is -0.481 e. The van der Waals surface area contributed by atoms with E-state index in [-0.39, 0.29) is 37.8 Å². The Bertz CT molecular complexity index is 1150. The van der Waals surface area contributed by atoms with Crippen LogP contribution in [0, 0.1) is 5.41 Å². The number of rotatable bonds is 7. The second-order valence-corrected chi connectivity index (χ2v) is 9.49. The van der Waals surface area contributed by atoms with Gasteiger partial charge < -0.3 is 5.11 Å². The maximum atomic E-state index is 13.7. The zero-order valence-corrected chi connectivity index (χ0v) is 19.9. The lowest BCUT2D eigenvalue weighted by atomic mass is 9.69. The maximum Gasteiger partial charge on any atom is 0.416 e. The molecular weight excluding hydrogens is 529 g/mol. The van der Waals surface area contributed by atoms with Gasteiger partial charge in [-0.1, -0.05) is 18.2 Å². The standard InChI is InChI=1S/C26H24F9NO2/c1-2-9-23(14-22(37)38)10-11-36(21(13-23)16-3-5-18(6-4-16)24(27,28)29)15-17-12-19(25(30,31)32)7-8-20(17)26(33,34)35/h2-8,12,21H,1,9-11,13-15H2,(H,37,38)/t21-,23+/m0/s1. The number of alkyl halides is 9. The number of aliphatic carboxylic acids is 1. The van der Waals surface area contributed by atoms with Gasteiger partial charge in [0.2, 0.25) is 0 Å². The Kier molecular flexibility index (Phi) is 8.26. The minimum absolute atomic E-state index is 0.000349. The summed E-state index contributed by atoms with van der Waals surface area (Å²) in [5, 5.41) is 9.47. The highest BCUT2D eigenvalue weighted by Gasteiger charge is 2.43. The number of nitrogens with zero attached hydrogens (tertiary/aromatic N) is 1. The summed E-state index contributed by atoms with van der Waals surface area (Å²) in [4.78, 5) is 13.1. The van der Waals surface area contributed by atoms with Crippen molar-refractivity contribution < 1.29 is 49.4 Å². The molecule has 2 aromatic rings. The van der Waals surface area contributed by atoms with Crippen molar-refractivity contribution in [3.05, 3.63) is 82.9 Å². The third-order valence-corrected chi connectivity index (χ3v) is 6.83. The Labute approximate surface area is 212 Å². The number of halogens is 9. The second kappa shape index (κ2) is 10.6. The molecule has 38 heavy (non-hydrogen) atoms. The molecule has 1 fully saturated rings. The Hall–Kier alpha value is -3.02. The molecule has 1 aliphatic rings. The lowest BCUT2D eigenvalue weighted by Gasteiger charge is -2.46. The first kappa shape index (κ1) is 29.5. The van der Waals surface area contributed by atoms with Crippen LogP contribution in [0.2, 0.25) is 0 Å². The highest BCUT2D eigenvalue weighted by atomic mass is 19.4. The smallest absolute Gasteiger partial charge is 0.416 e. The molecule has 1 aliphatic heterocycles. The summed E-state index contributed by atoms with van der Waals surface area (Å²) in [6.45, 7) is 3.06. The van der Waals surface area contributed by atoms with E-state index >= 15 is 0 Å². The summed E-state index contributed by atoms with van der Waals surface area (Å²) in [5.41, 5.74) is -4.74. The predicted molar refractivity (Wildman–Crippen MR) is 120 cm³/mol. The van der Waals surface area contributed by atoms with Crippen LogP contribution in [0.1, 0.15) is 59.5 Å². The molecule has 0 aliphatic carbocycles. The van der Waals surface area contributed by atoms with Crippen molar-refractivity contribution in [3.8, 4) is 0 Å². The fourth-order valence-electron chi connectivity index (χ4n) is 5.03. The highest BCUT2D eigenvalue weighted by Crippen LogP contribution is 2.48. The number of carboxylic acids is 1. The van der Waals surface area contributed by atoms with Crippen LogP contribution in [-0.2, 0) is 29.9 Å². The van der Waals surface area contributed by atoms with Gasteiger partial charge in [0, 0.05) is 12.6 Å². The summed E-state index contributed by atoms with van der Waals surface area (Å²) in [6.07, 6.45) is -12.9. The molecule has 0 spiro atoms. The van der Waals surface area contributed by atoms with Gasteiger partial charge in [0.05, 0.1) is 23.1 Å². The average Bonchev–Trinajstić information content (AvgIpc) is 2.78. The Morgan fingerprint density at radius 3 is 2.03 bits per heavy atom. The number of allylic oxidation sites excluding steroid dienone is 1.